The van der Waals surface area contributed by atoms with Crippen molar-refractivity contribution in [3.63, 3.8) is 0 Å². The molecule has 1 aromatic rings. The molecule has 19 heavy (non-hydrogen) atoms. The molecule has 1 unspecified atom stereocenters. The molecule has 0 bridgehead atoms. The summed E-state index contributed by atoms with van der Waals surface area (Å²) in [5.41, 5.74) is 9.60. The molecule has 0 aromatic heterocycles. The molecule has 3 heteroatoms. The maximum absolute atomic E-state index is 5.83. The summed E-state index contributed by atoms with van der Waals surface area (Å²) in [6.07, 6.45) is 3.57. The van der Waals surface area contributed by atoms with E-state index in [0.29, 0.717) is 12.1 Å². The van der Waals surface area contributed by atoms with Gasteiger partial charge in [-0.25, -0.2) is 0 Å². The van der Waals surface area contributed by atoms with E-state index in [1.807, 2.05) is 6.07 Å². The minimum atomic E-state index is 0.528. The van der Waals surface area contributed by atoms with Crippen molar-refractivity contribution in [3.8, 4) is 0 Å². The van der Waals surface area contributed by atoms with Gasteiger partial charge in [0.25, 0.3) is 0 Å². The molecule has 0 amide bonds. The molecular formula is C16H27N3. The van der Waals surface area contributed by atoms with E-state index in [0.717, 1.165) is 25.2 Å². The first kappa shape index (κ1) is 14.4. The lowest BCUT2D eigenvalue weighted by atomic mass is 10.1. The van der Waals surface area contributed by atoms with E-state index in [4.69, 9.17) is 5.73 Å². The fraction of sp³-hybridized carbons (Fsp3) is 0.625. The molecule has 1 aromatic carbocycles. The lowest BCUT2D eigenvalue weighted by Crippen LogP contribution is -2.30. The van der Waals surface area contributed by atoms with E-state index in [9.17, 15) is 0 Å². The number of nitrogen functional groups attached to an aromatic ring is 1. The van der Waals surface area contributed by atoms with Crippen molar-refractivity contribution in [1.82, 2.24) is 10.2 Å². The molecule has 0 saturated carbocycles. The maximum atomic E-state index is 5.83. The molecule has 0 saturated heterocycles. The van der Waals surface area contributed by atoms with Crippen LogP contribution in [0.15, 0.2) is 18.2 Å². The van der Waals surface area contributed by atoms with Crippen molar-refractivity contribution < 1.29 is 0 Å². The average Bonchev–Trinajstić information content (AvgIpc) is 2.76. The van der Waals surface area contributed by atoms with Crippen LogP contribution in [0.1, 0.15) is 43.9 Å². The van der Waals surface area contributed by atoms with Crippen molar-refractivity contribution in [3.05, 3.63) is 29.3 Å². The third-order valence-corrected chi connectivity index (χ3v) is 4.20. The average molecular weight is 261 g/mol. The smallest absolute Gasteiger partial charge is 0.0326 e. The number of nitrogens with two attached hydrogens (primary N) is 1. The fourth-order valence-corrected chi connectivity index (χ4v) is 2.71. The SMILES string of the molecule is CC(C)N(C)CCCNC1CCc2cc(N)ccc21. The quantitative estimate of drug-likeness (QED) is 0.611. The van der Waals surface area contributed by atoms with E-state index in [1.54, 1.807) is 0 Å². The van der Waals surface area contributed by atoms with Crippen LogP contribution >= 0.6 is 0 Å². The van der Waals surface area contributed by atoms with Crippen molar-refractivity contribution in [2.45, 2.75) is 45.2 Å². The van der Waals surface area contributed by atoms with Crippen LogP contribution in [-0.2, 0) is 6.42 Å². The molecular weight excluding hydrogens is 234 g/mol. The van der Waals surface area contributed by atoms with E-state index in [-0.39, 0.29) is 0 Å². The Balaban J connectivity index is 1.77. The van der Waals surface area contributed by atoms with E-state index in [2.05, 4.69) is 43.2 Å². The number of rotatable bonds is 6. The lowest BCUT2D eigenvalue weighted by Gasteiger charge is -2.21. The summed E-state index contributed by atoms with van der Waals surface area (Å²) in [6.45, 7) is 6.73. The Morgan fingerprint density at radius 3 is 2.95 bits per heavy atom. The van der Waals surface area contributed by atoms with Gasteiger partial charge in [0, 0.05) is 17.8 Å². The zero-order valence-corrected chi connectivity index (χ0v) is 12.4. The highest BCUT2D eigenvalue weighted by Gasteiger charge is 2.21. The van der Waals surface area contributed by atoms with Gasteiger partial charge in [-0.05, 0) is 76.5 Å². The van der Waals surface area contributed by atoms with Gasteiger partial charge in [-0.1, -0.05) is 6.07 Å². The van der Waals surface area contributed by atoms with Gasteiger partial charge in [-0.2, -0.15) is 0 Å². The van der Waals surface area contributed by atoms with E-state index >= 15 is 0 Å². The van der Waals surface area contributed by atoms with Crippen molar-refractivity contribution in [2.75, 3.05) is 25.9 Å². The Hall–Kier alpha value is -1.06. The highest BCUT2D eigenvalue weighted by Crippen LogP contribution is 2.32. The van der Waals surface area contributed by atoms with Crippen LogP contribution in [0.5, 0.6) is 0 Å². The molecule has 0 radical (unpaired) electrons. The highest BCUT2D eigenvalue weighted by atomic mass is 15.1. The molecule has 106 valence electrons. The van der Waals surface area contributed by atoms with Crippen LogP contribution in [0.3, 0.4) is 0 Å². The lowest BCUT2D eigenvalue weighted by molar-refractivity contribution is 0.267. The second-order valence-corrected chi connectivity index (χ2v) is 5.93. The summed E-state index contributed by atoms with van der Waals surface area (Å²) in [5, 5.41) is 3.68. The van der Waals surface area contributed by atoms with Gasteiger partial charge in [0.1, 0.15) is 0 Å². The number of anilines is 1. The predicted octanol–water partition coefficient (Wildman–Crippen LogP) is 2.58. The standard InChI is InChI=1S/C16H27N3/c1-12(2)19(3)10-4-9-18-16-8-5-13-11-14(17)6-7-15(13)16/h6-7,11-12,16,18H,4-5,8-10,17H2,1-3H3. The van der Waals surface area contributed by atoms with Gasteiger partial charge in [0.2, 0.25) is 0 Å². The Kier molecular flexibility index (Phi) is 4.83. The number of hydrogen-bond donors (Lipinski definition) is 2. The Morgan fingerprint density at radius 2 is 2.21 bits per heavy atom. The van der Waals surface area contributed by atoms with E-state index < -0.39 is 0 Å². The molecule has 0 heterocycles. The normalized spacial score (nSPS) is 18.3. The van der Waals surface area contributed by atoms with Gasteiger partial charge in [-0.3, -0.25) is 0 Å². The Morgan fingerprint density at radius 1 is 1.42 bits per heavy atom. The summed E-state index contributed by atoms with van der Waals surface area (Å²) in [4.78, 5) is 2.39. The maximum Gasteiger partial charge on any atom is 0.0326 e. The second kappa shape index (κ2) is 6.40. The van der Waals surface area contributed by atoms with Gasteiger partial charge >= 0.3 is 0 Å². The van der Waals surface area contributed by atoms with E-state index in [1.165, 1.54) is 24.0 Å². The molecule has 1 aliphatic rings. The Bertz CT molecular complexity index is 414. The van der Waals surface area contributed by atoms with Crippen LogP contribution < -0.4 is 11.1 Å². The van der Waals surface area contributed by atoms with Crippen LogP contribution in [0.2, 0.25) is 0 Å². The number of aryl methyl sites for hydroxylation is 1. The zero-order valence-electron chi connectivity index (χ0n) is 12.4. The third kappa shape index (κ3) is 3.71. The van der Waals surface area contributed by atoms with Gasteiger partial charge in [-0.15, -0.1) is 0 Å². The minimum Gasteiger partial charge on any atom is -0.399 e. The summed E-state index contributed by atoms with van der Waals surface area (Å²) in [5.74, 6) is 0. The summed E-state index contributed by atoms with van der Waals surface area (Å²) in [7, 11) is 2.19. The molecule has 3 nitrogen and oxygen atoms in total. The number of nitrogens with one attached hydrogen (secondary N) is 1. The number of nitrogens with zero attached hydrogens (tertiary/aromatic N) is 1. The van der Waals surface area contributed by atoms with Crippen molar-refractivity contribution >= 4 is 5.69 Å². The molecule has 3 N–H and O–H groups in total. The van der Waals surface area contributed by atoms with Gasteiger partial charge in [0.05, 0.1) is 0 Å². The molecule has 0 fully saturated rings. The first-order chi connectivity index (χ1) is 9.08. The molecule has 1 aliphatic carbocycles. The largest absolute Gasteiger partial charge is 0.399 e. The molecule has 2 rings (SSSR count). The zero-order chi connectivity index (χ0) is 13.8. The first-order valence-electron chi connectivity index (χ1n) is 7.40. The Labute approximate surface area is 117 Å². The van der Waals surface area contributed by atoms with Crippen molar-refractivity contribution in [2.24, 2.45) is 0 Å². The minimum absolute atomic E-state index is 0.528. The monoisotopic (exact) mass is 261 g/mol. The number of benzene rings is 1. The second-order valence-electron chi connectivity index (χ2n) is 5.93. The van der Waals surface area contributed by atoms with Crippen molar-refractivity contribution in [1.29, 1.82) is 0 Å². The molecule has 1 atom stereocenters. The molecule has 0 spiro atoms. The first-order valence-corrected chi connectivity index (χ1v) is 7.40. The summed E-state index contributed by atoms with van der Waals surface area (Å²) in [6, 6.07) is 7.50. The number of fused-ring (bicyclic) bond motifs is 1. The van der Waals surface area contributed by atoms with Gasteiger partial charge < -0.3 is 16.0 Å². The molecule has 0 aliphatic heterocycles. The highest BCUT2D eigenvalue weighted by molar-refractivity contribution is 5.47. The van der Waals surface area contributed by atoms with Gasteiger partial charge in [0.15, 0.2) is 0 Å². The van der Waals surface area contributed by atoms with Crippen LogP contribution in [-0.4, -0.2) is 31.1 Å². The summed E-state index contributed by atoms with van der Waals surface area (Å²) >= 11 is 0. The fourth-order valence-electron chi connectivity index (χ4n) is 2.71. The predicted molar refractivity (Wildman–Crippen MR) is 82.3 cm³/mol. The topological polar surface area (TPSA) is 41.3 Å². The van der Waals surface area contributed by atoms with Crippen LogP contribution in [0.25, 0.3) is 0 Å². The number of hydrogen-bond acceptors (Lipinski definition) is 3. The van der Waals surface area contributed by atoms with Crippen LogP contribution in [0, 0.1) is 0 Å². The van der Waals surface area contributed by atoms with Crippen LogP contribution in [0.4, 0.5) is 5.69 Å². The summed E-state index contributed by atoms with van der Waals surface area (Å²) < 4.78 is 0. The third-order valence-electron chi connectivity index (χ3n) is 4.20.